The van der Waals surface area contributed by atoms with E-state index in [0.717, 1.165) is 64.8 Å². The number of rotatable bonds is 5. The number of pyridine rings is 1. The highest BCUT2D eigenvalue weighted by Gasteiger charge is 2.29. The first-order chi connectivity index (χ1) is 14.6. The van der Waals surface area contributed by atoms with Crippen LogP contribution in [0.15, 0.2) is 30.5 Å². The molecule has 30 heavy (non-hydrogen) atoms. The lowest BCUT2D eigenvalue weighted by Crippen LogP contribution is -2.36. The molecule has 4 N–H and O–H groups in total. The van der Waals surface area contributed by atoms with Crippen LogP contribution in [-0.4, -0.2) is 48.5 Å². The summed E-state index contributed by atoms with van der Waals surface area (Å²) in [5.74, 6) is 1.53. The van der Waals surface area contributed by atoms with E-state index >= 15 is 0 Å². The zero-order valence-corrected chi connectivity index (χ0v) is 17.0. The summed E-state index contributed by atoms with van der Waals surface area (Å²) in [6.45, 7) is 2.88. The number of benzene rings is 1. The second-order valence-corrected chi connectivity index (χ2v) is 7.94. The first-order valence-corrected chi connectivity index (χ1v) is 10.5. The average molecular weight is 403 g/mol. The van der Waals surface area contributed by atoms with E-state index in [1.54, 1.807) is 6.20 Å². The molecule has 1 fully saturated rings. The highest BCUT2D eigenvalue weighted by molar-refractivity contribution is 6.07. The molecular formula is C22H25N7O. The molecule has 1 aliphatic heterocycles. The predicted octanol–water partition coefficient (Wildman–Crippen LogP) is 3.42. The Morgan fingerprint density at radius 3 is 3.00 bits per heavy atom. The van der Waals surface area contributed by atoms with Crippen molar-refractivity contribution in [3.05, 3.63) is 36.3 Å². The molecule has 1 amide bonds. The van der Waals surface area contributed by atoms with Crippen molar-refractivity contribution < 1.29 is 4.79 Å². The monoisotopic (exact) mass is 403 g/mol. The number of H-pyrrole nitrogens is 2. The molecule has 8 heteroatoms. The molecule has 0 bridgehead atoms. The Bertz CT molecular complexity index is 1210. The number of likely N-dealkylation sites (tertiary alicyclic amines) is 1. The van der Waals surface area contributed by atoms with E-state index in [4.69, 9.17) is 10.7 Å². The van der Waals surface area contributed by atoms with Crippen molar-refractivity contribution >= 4 is 33.7 Å². The van der Waals surface area contributed by atoms with Crippen molar-refractivity contribution in [2.75, 3.05) is 12.3 Å². The summed E-state index contributed by atoms with van der Waals surface area (Å²) in [5.41, 5.74) is 10.6. The molecule has 4 aromatic rings. The Labute approximate surface area is 173 Å². The Morgan fingerprint density at radius 1 is 1.30 bits per heavy atom. The molecule has 0 spiro atoms. The van der Waals surface area contributed by atoms with E-state index in [-0.39, 0.29) is 11.9 Å². The molecule has 0 unspecified atom stereocenters. The number of aromatic amines is 2. The third kappa shape index (κ3) is 3.18. The van der Waals surface area contributed by atoms with Crippen molar-refractivity contribution in [3.8, 4) is 11.3 Å². The molecule has 154 valence electrons. The van der Waals surface area contributed by atoms with Gasteiger partial charge in [-0.15, -0.1) is 0 Å². The lowest BCUT2D eigenvalue weighted by molar-refractivity contribution is -0.132. The number of amides is 1. The summed E-state index contributed by atoms with van der Waals surface area (Å²) in [6.07, 6.45) is 5.97. The largest absolute Gasteiger partial charge is 0.382 e. The molecule has 8 nitrogen and oxygen atoms in total. The second-order valence-electron chi connectivity index (χ2n) is 7.94. The minimum absolute atomic E-state index is 0.192. The number of aromatic nitrogens is 5. The molecule has 3 aromatic heterocycles. The van der Waals surface area contributed by atoms with E-state index < -0.39 is 0 Å². The van der Waals surface area contributed by atoms with Crippen molar-refractivity contribution in [1.82, 2.24) is 30.0 Å². The number of hydrogen-bond donors (Lipinski definition) is 3. The first kappa shape index (κ1) is 18.6. The van der Waals surface area contributed by atoms with Crippen molar-refractivity contribution in [1.29, 1.82) is 0 Å². The molecule has 1 saturated heterocycles. The average Bonchev–Trinajstić information content (AvgIpc) is 3.49. The fraction of sp³-hybridized carbons (Fsp3) is 0.364. The van der Waals surface area contributed by atoms with E-state index in [0.29, 0.717) is 18.7 Å². The van der Waals surface area contributed by atoms with Gasteiger partial charge in [0.1, 0.15) is 22.7 Å². The summed E-state index contributed by atoms with van der Waals surface area (Å²) in [6, 6.07) is 8.16. The van der Waals surface area contributed by atoms with Crippen LogP contribution in [-0.2, 0) is 11.2 Å². The third-order valence-electron chi connectivity index (χ3n) is 5.90. The fourth-order valence-corrected chi connectivity index (χ4v) is 4.45. The standard InChI is InChI=1S/C22H25N7O/c1-2-4-19(30)29-10-3-5-14(29)12-18-26-20-15-7-6-13(16-8-9-24-28-16)11-17(15)25-22(23)21(20)27-18/h6-9,11,14H,2-5,10,12H2,1H3,(H2,23,25)(H,24,28)(H,26,27)/t14-/m0/s1. The summed E-state index contributed by atoms with van der Waals surface area (Å²) >= 11 is 0. The van der Waals surface area contributed by atoms with Gasteiger partial charge >= 0.3 is 0 Å². The SMILES string of the molecule is CCCC(=O)N1CCC[C@H]1Cc1nc2c([nH]1)c(N)nc1cc(-c3ccn[nH]3)ccc12. The predicted molar refractivity (Wildman–Crippen MR) is 117 cm³/mol. The topological polar surface area (TPSA) is 117 Å². The van der Waals surface area contributed by atoms with Gasteiger partial charge in [-0.05, 0) is 37.5 Å². The van der Waals surface area contributed by atoms with E-state index in [1.165, 1.54) is 0 Å². The van der Waals surface area contributed by atoms with Crippen molar-refractivity contribution in [3.63, 3.8) is 0 Å². The van der Waals surface area contributed by atoms with Crippen LogP contribution in [0.3, 0.4) is 0 Å². The molecule has 0 saturated carbocycles. The van der Waals surface area contributed by atoms with Gasteiger partial charge in [0.2, 0.25) is 5.91 Å². The van der Waals surface area contributed by atoms with Crippen LogP contribution in [0, 0.1) is 0 Å². The molecule has 5 rings (SSSR count). The van der Waals surface area contributed by atoms with E-state index in [2.05, 4.69) is 20.2 Å². The second kappa shape index (κ2) is 7.44. The van der Waals surface area contributed by atoms with Gasteiger partial charge in [0.05, 0.1) is 11.2 Å². The van der Waals surface area contributed by atoms with Gasteiger partial charge in [0, 0.05) is 42.6 Å². The number of nitrogens with one attached hydrogen (secondary N) is 2. The number of carbonyl (C=O) groups is 1. The Kier molecular flexibility index (Phi) is 4.61. The molecule has 1 atom stereocenters. The van der Waals surface area contributed by atoms with Crippen LogP contribution in [0.25, 0.3) is 33.2 Å². The van der Waals surface area contributed by atoms with Crippen molar-refractivity contribution in [2.24, 2.45) is 0 Å². The first-order valence-electron chi connectivity index (χ1n) is 10.5. The number of nitrogens with two attached hydrogens (primary N) is 1. The van der Waals surface area contributed by atoms with Gasteiger partial charge in [-0.1, -0.05) is 13.0 Å². The van der Waals surface area contributed by atoms with E-state index in [9.17, 15) is 4.79 Å². The summed E-state index contributed by atoms with van der Waals surface area (Å²) in [7, 11) is 0. The zero-order valence-electron chi connectivity index (χ0n) is 17.0. The lowest BCUT2D eigenvalue weighted by Gasteiger charge is -2.24. The highest BCUT2D eigenvalue weighted by atomic mass is 16.2. The summed E-state index contributed by atoms with van der Waals surface area (Å²) < 4.78 is 0. The normalized spacial score (nSPS) is 16.7. The number of carbonyl (C=O) groups excluding carboxylic acids is 1. The van der Waals surface area contributed by atoms with Crippen LogP contribution < -0.4 is 5.73 Å². The van der Waals surface area contributed by atoms with Crippen LogP contribution >= 0.6 is 0 Å². The van der Waals surface area contributed by atoms with Gasteiger partial charge < -0.3 is 15.6 Å². The maximum atomic E-state index is 12.4. The number of imidazole rings is 1. The van der Waals surface area contributed by atoms with Gasteiger partial charge in [0.15, 0.2) is 0 Å². The number of nitrogens with zero attached hydrogens (tertiary/aromatic N) is 4. The number of nitrogen functional groups attached to an aromatic ring is 1. The maximum absolute atomic E-state index is 12.4. The molecule has 0 aliphatic carbocycles. The maximum Gasteiger partial charge on any atom is 0.222 e. The number of anilines is 1. The number of fused-ring (bicyclic) bond motifs is 3. The molecule has 1 aliphatic rings. The minimum Gasteiger partial charge on any atom is -0.382 e. The smallest absolute Gasteiger partial charge is 0.222 e. The third-order valence-corrected chi connectivity index (χ3v) is 5.90. The van der Waals surface area contributed by atoms with Crippen LogP contribution in [0.1, 0.15) is 38.4 Å². The molecule has 1 aromatic carbocycles. The molecular weight excluding hydrogens is 378 g/mol. The van der Waals surface area contributed by atoms with Gasteiger partial charge in [-0.2, -0.15) is 5.10 Å². The number of hydrogen-bond acceptors (Lipinski definition) is 5. The van der Waals surface area contributed by atoms with Gasteiger partial charge in [-0.3, -0.25) is 9.89 Å². The van der Waals surface area contributed by atoms with Crippen LogP contribution in [0.5, 0.6) is 0 Å². The summed E-state index contributed by atoms with van der Waals surface area (Å²) in [5, 5.41) is 7.94. The zero-order chi connectivity index (χ0) is 20.7. The molecule has 0 radical (unpaired) electrons. The summed E-state index contributed by atoms with van der Waals surface area (Å²) in [4.78, 5) is 27.3. The quantitative estimate of drug-likeness (QED) is 0.472. The van der Waals surface area contributed by atoms with Gasteiger partial charge in [-0.25, -0.2) is 9.97 Å². The Hall–Kier alpha value is -3.42. The lowest BCUT2D eigenvalue weighted by atomic mass is 10.1. The Morgan fingerprint density at radius 2 is 2.20 bits per heavy atom. The van der Waals surface area contributed by atoms with Crippen LogP contribution in [0.4, 0.5) is 5.82 Å². The van der Waals surface area contributed by atoms with E-state index in [1.807, 2.05) is 36.1 Å². The highest BCUT2D eigenvalue weighted by Crippen LogP contribution is 2.30. The van der Waals surface area contributed by atoms with Gasteiger partial charge in [0.25, 0.3) is 0 Å². The minimum atomic E-state index is 0.192. The van der Waals surface area contributed by atoms with Crippen molar-refractivity contribution in [2.45, 2.75) is 45.1 Å². The molecule has 4 heterocycles. The Balaban J connectivity index is 1.50. The van der Waals surface area contributed by atoms with Crippen LogP contribution in [0.2, 0.25) is 0 Å². The fourth-order valence-electron chi connectivity index (χ4n) is 4.45.